The van der Waals surface area contributed by atoms with Gasteiger partial charge in [-0.3, -0.25) is 9.89 Å². The predicted molar refractivity (Wildman–Crippen MR) is 105 cm³/mol. The maximum absolute atomic E-state index is 12.3. The number of carbonyl (C=O) groups excluding carboxylic acids is 1. The molecule has 0 bridgehead atoms. The molecule has 0 radical (unpaired) electrons. The monoisotopic (exact) mass is 380 g/mol. The second-order valence-corrected chi connectivity index (χ2v) is 5.66. The number of hydrazone groups is 1. The highest BCUT2D eigenvalue weighted by Gasteiger charge is 2.15. The Morgan fingerprint density at radius 1 is 1.04 bits per heavy atom. The summed E-state index contributed by atoms with van der Waals surface area (Å²) in [5.74, 6) is 1.02. The lowest BCUT2D eigenvalue weighted by Gasteiger charge is -2.13. The Kier molecular flexibility index (Phi) is 5.91. The molecule has 0 saturated heterocycles. The van der Waals surface area contributed by atoms with E-state index in [0.29, 0.717) is 34.2 Å². The van der Waals surface area contributed by atoms with Crippen LogP contribution in [0.15, 0.2) is 53.6 Å². The van der Waals surface area contributed by atoms with Gasteiger partial charge in [0.2, 0.25) is 5.75 Å². The van der Waals surface area contributed by atoms with Crippen molar-refractivity contribution in [2.45, 2.75) is 0 Å². The molecule has 0 aliphatic carbocycles. The molecule has 8 nitrogen and oxygen atoms in total. The summed E-state index contributed by atoms with van der Waals surface area (Å²) in [4.78, 5) is 12.3. The lowest BCUT2D eigenvalue weighted by molar-refractivity contribution is 0.0950. The van der Waals surface area contributed by atoms with E-state index in [4.69, 9.17) is 14.2 Å². The molecule has 0 saturated carbocycles. The molecule has 0 atom stereocenters. The number of carbonyl (C=O) groups is 1. The van der Waals surface area contributed by atoms with Crippen molar-refractivity contribution in [2.24, 2.45) is 5.10 Å². The average molecular weight is 380 g/mol. The lowest BCUT2D eigenvalue weighted by atomic mass is 10.1. The highest BCUT2D eigenvalue weighted by atomic mass is 16.5. The van der Waals surface area contributed by atoms with Gasteiger partial charge in [-0.15, -0.1) is 0 Å². The summed E-state index contributed by atoms with van der Waals surface area (Å²) >= 11 is 0. The number of aromatic nitrogens is 2. The van der Waals surface area contributed by atoms with Crippen LogP contribution in [-0.4, -0.2) is 43.6 Å². The van der Waals surface area contributed by atoms with Gasteiger partial charge in [-0.2, -0.15) is 10.2 Å². The number of amides is 1. The summed E-state index contributed by atoms with van der Waals surface area (Å²) in [6.07, 6.45) is 1.47. The number of ether oxygens (including phenoxy) is 3. The van der Waals surface area contributed by atoms with Gasteiger partial charge in [0.15, 0.2) is 11.5 Å². The maximum Gasteiger partial charge on any atom is 0.289 e. The molecule has 2 aromatic carbocycles. The molecule has 0 unspecified atom stereocenters. The van der Waals surface area contributed by atoms with Crippen LogP contribution in [0.1, 0.15) is 16.1 Å². The second kappa shape index (κ2) is 8.72. The molecule has 1 amide bonds. The van der Waals surface area contributed by atoms with Crippen LogP contribution < -0.4 is 19.6 Å². The molecule has 1 aromatic heterocycles. The molecule has 0 spiro atoms. The van der Waals surface area contributed by atoms with E-state index in [2.05, 4.69) is 20.7 Å². The molecule has 3 aromatic rings. The number of nitrogens with zero attached hydrogens (tertiary/aromatic N) is 2. The van der Waals surface area contributed by atoms with Crippen LogP contribution in [0.4, 0.5) is 0 Å². The van der Waals surface area contributed by atoms with E-state index in [0.717, 1.165) is 5.56 Å². The summed E-state index contributed by atoms with van der Waals surface area (Å²) in [6, 6.07) is 14.7. The predicted octanol–water partition coefficient (Wildman–Crippen LogP) is 2.87. The van der Waals surface area contributed by atoms with Crippen LogP contribution in [0.25, 0.3) is 11.3 Å². The van der Waals surface area contributed by atoms with Gasteiger partial charge in [0.1, 0.15) is 5.69 Å². The molecule has 144 valence electrons. The smallest absolute Gasteiger partial charge is 0.289 e. The highest BCUT2D eigenvalue weighted by Crippen LogP contribution is 2.38. The van der Waals surface area contributed by atoms with Crippen molar-refractivity contribution in [3.8, 4) is 28.5 Å². The summed E-state index contributed by atoms with van der Waals surface area (Å²) in [5, 5.41) is 10.9. The Balaban J connectivity index is 1.73. The summed E-state index contributed by atoms with van der Waals surface area (Å²) in [5.41, 5.74) is 4.97. The molecule has 3 rings (SSSR count). The van der Waals surface area contributed by atoms with Crippen LogP contribution >= 0.6 is 0 Å². The van der Waals surface area contributed by atoms with Crippen LogP contribution in [0, 0.1) is 0 Å². The number of hydrogen-bond acceptors (Lipinski definition) is 6. The zero-order valence-electron chi connectivity index (χ0n) is 15.7. The summed E-state index contributed by atoms with van der Waals surface area (Å²) in [6.45, 7) is 0. The van der Waals surface area contributed by atoms with Gasteiger partial charge in [-0.25, -0.2) is 5.43 Å². The van der Waals surface area contributed by atoms with E-state index in [-0.39, 0.29) is 0 Å². The van der Waals surface area contributed by atoms with Gasteiger partial charge >= 0.3 is 0 Å². The number of rotatable bonds is 7. The van der Waals surface area contributed by atoms with Gasteiger partial charge < -0.3 is 14.2 Å². The van der Waals surface area contributed by atoms with Crippen molar-refractivity contribution < 1.29 is 19.0 Å². The van der Waals surface area contributed by atoms with E-state index in [1.165, 1.54) is 20.4 Å². The normalized spacial score (nSPS) is 10.7. The Morgan fingerprint density at radius 2 is 1.79 bits per heavy atom. The third kappa shape index (κ3) is 3.96. The first kappa shape index (κ1) is 19.0. The van der Waals surface area contributed by atoms with Crippen LogP contribution in [0.3, 0.4) is 0 Å². The van der Waals surface area contributed by atoms with Gasteiger partial charge in [0.25, 0.3) is 5.91 Å². The molecule has 0 aliphatic rings. The largest absolute Gasteiger partial charge is 0.493 e. The molecule has 0 aliphatic heterocycles. The minimum absolute atomic E-state index is 0.301. The second-order valence-electron chi connectivity index (χ2n) is 5.66. The molecular formula is C20H20N4O4. The topological polar surface area (TPSA) is 97.8 Å². The quantitative estimate of drug-likeness (QED) is 0.485. The van der Waals surface area contributed by atoms with Crippen molar-refractivity contribution in [2.75, 3.05) is 21.3 Å². The van der Waals surface area contributed by atoms with E-state index in [1.807, 2.05) is 30.3 Å². The highest BCUT2D eigenvalue weighted by molar-refractivity contribution is 5.94. The third-order valence-electron chi connectivity index (χ3n) is 4.00. The first-order chi connectivity index (χ1) is 13.7. The van der Waals surface area contributed by atoms with Crippen molar-refractivity contribution in [1.29, 1.82) is 0 Å². The Bertz CT molecular complexity index is 983. The molecule has 28 heavy (non-hydrogen) atoms. The van der Waals surface area contributed by atoms with E-state index < -0.39 is 5.91 Å². The van der Waals surface area contributed by atoms with Gasteiger partial charge in [0.05, 0.1) is 33.2 Å². The molecule has 8 heteroatoms. The number of benzene rings is 2. The Hall–Kier alpha value is -3.81. The molecule has 1 heterocycles. The van der Waals surface area contributed by atoms with E-state index >= 15 is 0 Å². The van der Waals surface area contributed by atoms with Gasteiger partial charge in [0, 0.05) is 11.1 Å². The van der Waals surface area contributed by atoms with E-state index in [9.17, 15) is 4.79 Å². The van der Waals surface area contributed by atoms with Crippen molar-refractivity contribution in [3.05, 3.63) is 59.8 Å². The minimum atomic E-state index is -0.412. The standard InChI is InChI=1S/C20H20N4O4/c1-26-17-10-9-14(18(27-2)19(17)28-3)12-21-24-20(25)16-11-15(22-23-16)13-7-5-4-6-8-13/h4-12H,1-3H3,(H,22,23)(H,24,25). The fourth-order valence-electron chi connectivity index (χ4n) is 2.64. The van der Waals surface area contributed by atoms with Crippen LogP contribution in [-0.2, 0) is 0 Å². The fraction of sp³-hybridized carbons (Fsp3) is 0.150. The van der Waals surface area contributed by atoms with E-state index in [1.54, 1.807) is 25.3 Å². The van der Waals surface area contributed by atoms with Gasteiger partial charge in [-0.1, -0.05) is 30.3 Å². The number of aromatic amines is 1. The van der Waals surface area contributed by atoms with Crippen molar-refractivity contribution >= 4 is 12.1 Å². The fourth-order valence-corrected chi connectivity index (χ4v) is 2.64. The first-order valence-electron chi connectivity index (χ1n) is 8.41. The Labute approximate surface area is 162 Å². The number of H-pyrrole nitrogens is 1. The number of methoxy groups -OCH3 is 3. The SMILES string of the molecule is COc1ccc(C=NNC(=O)c2cc(-c3ccccc3)n[nH]2)c(OC)c1OC. The van der Waals surface area contributed by atoms with Crippen LogP contribution in [0.5, 0.6) is 17.2 Å². The molecule has 0 fully saturated rings. The Morgan fingerprint density at radius 3 is 2.46 bits per heavy atom. The molecule has 2 N–H and O–H groups in total. The number of hydrogen-bond donors (Lipinski definition) is 2. The maximum atomic E-state index is 12.3. The summed E-state index contributed by atoms with van der Waals surface area (Å²) < 4.78 is 16.0. The zero-order chi connectivity index (χ0) is 19.9. The zero-order valence-corrected chi connectivity index (χ0v) is 15.7. The van der Waals surface area contributed by atoms with Crippen molar-refractivity contribution in [3.63, 3.8) is 0 Å². The van der Waals surface area contributed by atoms with Gasteiger partial charge in [-0.05, 0) is 18.2 Å². The number of nitrogens with one attached hydrogen (secondary N) is 2. The first-order valence-corrected chi connectivity index (χ1v) is 8.41. The van der Waals surface area contributed by atoms with Crippen molar-refractivity contribution in [1.82, 2.24) is 15.6 Å². The molecular weight excluding hydrogens is 360 g/mol. The third-order valence-corrected chi connectivity index (χ3v) is 4.00. The lowest BCUT2D eigenvalue weighted by Crippen LogP contribution is -2.18. The average Bonchev–Trinajstić information content (AvgIpc) is 3.24. The summed E-state index contributed by atoms with van der Waals surface area (Å²) in [7, 11) is 4.58. The minimum Gasteiger partial charge on any atom is -0.493 e. The van der Waals surface area contributed by atoms with Crippen LogP contribution in [0.2, 0.25) is 0 Å².